The molecule has 35 heavy (non-hydrogen) atoms. The molecule has 184 valence electrons. The maximum Gasteiger partial charge on any atom is 0.278 e. The molecule has 0 spiro atoms. The summed E-state index contributed by atoms with van der Waals surface area (Å²) >= 11 is 1.41. The van der Waals surface area contributed by atoms with Crippen LogP contribution in [0, 0.1) is 5.82 Å². The quantitative estimate of drug-likeness (QED) is 0.524. The Morgan fingerprint density at radius 2 is 1.97 bits per heavy atom. The summed E-state index contributed by atoms with van der Waals surface area (Å²) in [4.78, 5) is 34.7. The third-order valence-corrected chi connectivity index (χ3v) is 8.00. The van der Waals surface area contributed by atoms with E-state index in [9.17, 15) is 14.0 Å². The number of halogens is 1. The van der Waals surface area contributed by atoms with Crippen LogP contribution in [-0.2, 0) is 31.1 Å². The predicted octanol–water partition coefficient (Wildman–Crippen LogP) is 4.47. The van der Waals surface area contributed by atoms with Gasteiger partial charge in [0.2, 0.25) is 5.91 Å². The monoisotopic (exact) mass is 495 g/mol. The zero-order valence-corrected chi connectivity index (χ0v) is 21.0. The average Bonchev–Trinajstić information content (AvgIpc) is 3.49. The van der Waals surface area contributed by atoms with E-state index in [-0.39, 0.29) is 30.1 Å². The summed E-state index contributed by atoms with van der Waals surface area (Å²) in [7, 11) is 3.66. The van der Waals surface area contributed by atoms with Crippen molar-refractivity contribution in [1.82, 2.24) is 19.7 Å². The van der Waals surface area contributed by atoms with Gasteiger partial charge in [-0.05, 0) is 56.6 Å². The Kier molecular flexibility index (Phi) is 6.69. The standard InChI is InChI=1S/C26H30FN5O2S/c1-30(25-18-10-4-6-12-20(18)29-31(25)2)26(34)21-16-35-24(28-21)22-13-7-8-14-32(22)23(33)15-17-9-3-5-11-19(17)27/h3,5,9,11,16,22H,4,6-8,10,12-15H2,1-2H3. The van der Waals surface area contributed by atoms with Gasteiger partial charge in [-0.25, -0.2) is 9.37 Å². The molecule has 2 amide bonds. The number of carbonyl (C=O) groups is 2. The molecule has 2 aliphatic rings. The van der Waals surface area contributed by atoms with Gasteiger partial charge in [0.25, 0.3) is 5.91 Å². The van der Waals surface area contributed by atoms with E-state index in [1.807, 2.05) is 11.9 Å². The SMILES string of the molecule is CN(C(=O)c1csc(C2CCCCN2C(=O)Cc2ccccc2F)n1)c1c2c(nn1C)CCCC2. The molecule has 1 unspecified atom stereocenters. The van der Waals surface area contributed by atoms with Crippen molar-refractivity contribution in [3.05, 3.63) is 63.0 Å². The van der Waals surface area contributed by atoms with Crippen LogP contribution in [0.4, 0.5) is 10.2 Å². The molecule has 7 nitrogen and oxygen atoms in total. The number of rotatable bonds is 5. The first-order valence-corrected chi connectivity index (χ1v) is 13.1. The van der Waals surface area contributed by atoms with Crippen molar-refractivity contribution >= 4 is 29.0 Å². The summed E-state index contributed by atoms with van der Waals surface area (Å²) in [6, 6.07) is 6.21. The number of benzene rings is 1. The number of anilines is 1. The summed E-state index contributed by atoms with van der Waals surface area (Å²) in [6.45, 7) is 0.613. The molecule has 1 aliphatic heterocycles. The average molecular weight is 496 g/mol. The number of piperidine rings is 1. The zero-order chi connectivity index (χ0) is 24.5. The molecule has 1 fully saturated rings. The molecule has 2 aromatic heterocycles. The molecule has 1 atom stereocenters. The van der Waals surface area contributed by atoms with Crippen LogP contribution in [0.1, 0.15) is 70.5 Å². The molecule has 0 N–H and O–H groups in total. The van der Waals surface area contributed by atoms with Gasteiger partial charge in [-0.3, -0.25) is 19.2 Å². The molecular weight excluding hydrogens is 465 g/mol. The van der Waals surface area contributed by atoms with Crippen molar-refractivity contribution in [1.29, 1.82) is 0 Å². The number of aryl methyl sites for hydroxylation is 2. The van der Waals surface area contributed by atoms with Gasteiger partial charge in [-0.15, -0.1) is 11.3 Å². The van der Waals surface area contributed by atoms with Crippen molar-refractivity contribution in [2.45, 2.75) is 57.4 Å². The Labute approximate surface area is 208 Å². The minimum atomic E-state index is -0.364. The fourth-order valence-corrected chi connectivity index (χ4v) is 6.22. The Hall–Kier alpha value is -3.07. The van der Waals surface area contributed by atoms with E-state index in [4.69, 9.17) is 4.98 Å². The van der Waals surface area contributed by atoms with Gasteiger partial charge in [-0.2, -0.15) is 5.10 Å². The molecule has 5 rings (SSSR count). The minimum absolute atomic E-state index is 0.0225. The number of fused-ring (bicyclic) bond motifs is 1. The molecule has 3 heterocycles. The molecule has 0 bridgehead atoms. The number of hydrogen-bond donors (Lipinski definition) is 0. The molecule has 1 saturated heterocycles. The van der Waals surface area contributed by atoms with Crippen molar-refractivity contribution in [3.63, 3.8) is 0 Å². The number of amides is 2. The van der Waals surface area contributed by atoms with E-state index in [1.54, 1.807) is 40.2 Å². The van der Waals surface area contributed by atoms with E-state index in [0.29, 0.717) is 17.8 Å². The lowest BCUT2D eigenvalue weighted by molar-refractivity contribution is -0.134. The third-order valence-electron chi connectivity index (χ3n) is 7.06. The van der Waals surface area contributed by atoms with Crippen LogP contribution in [0.2, 0.25) is 0 Å². The van der Waals surface area contributed by atoms with Gasteiger partial charge in [-0.1, -0.05) is 18.2 Å². The van der Waals surface area contributed by atoms with Crippen LogP contribution in [0.15, 0.2) is 29.6 Å². The lowest BCUT2D eigenvalue weighted by Gasteiger charge is -2.34. The zero-order valence-electron chi connectivity index (χ0n) is 20.2. The van der Waals surface area contributed by atoms with Crippen LogP contribution in [0.5, 0.6) is 0 Å². The van der Waals surface area contributed by atoms with Crippen molar-refractivity contribution < 1.29 is 14.0 Å². The largest absolute Gasteiger partial charge is 0.333 e. The molecule has 9 heteroatoms. The first kappa shape index (κ1) is 23.7. The van der Waals surface area contributed by atoms with Crippen LogP contribution in [-0.4, -0.2) is 45.1 Å². The molecule has 0 radical (unpaired) electrons. The summed E-state index contributed by atoms with van der Waals surface area (Å²) in [5.41, 5.74) is 3.02. The van der Waals surface area contributed by atoms with Crippen LogP contribution < -0.4 is 4.90 Å². The number of carbonyl (C=O) groups excluding carboxylic acids is 2. The van der Waals surface area contributed by atoms with E-state index in [0.717, 1.165) is 67.0 Å². The number of thiazole rings is 1. The van der Waals surface area contributed by atoms with Gasteiger partial charge in [0.05, 0.1) is 18.2 Å². The second kappa shape index (κ2) is 9.89. The maximum absolute atomic E-state index is 14.1. The highest BCUT2D eigenvalue weighted by Crippen LogP contribution is 2.34. The number of nitrogens with zero attached hydrogens (tertiary/aromatic N) is 5. The highest BCUT2D eigenvalue weighted by molar-refractivity contribution is 7.10. The Balaban J connectivity index is 1.35. The lowest BCUT2D eigenvalue weighted by atomic mass is 9.97. The Bertz CT molecular complexity index is 1250. The summed E-state index contributed by atoms with van der Waals surface area (Å²) in [5.74, 6) is 0.181. The third kappa shape index (κ3) is 4.61. The fraction of sp³-hybridized carbons (Fsp3) is 0.462. The first-order chi connectivity index (χ1) is 16.9. The van der Waals surface area contributed by atoms with Gasteiger partial charge in [0.15, 0.2) is 0 Å². The van der Waals surface area contributed by atoms with Gasteiger partial charge >= 0.3 is 0 Å². The fourth-order valence-electron chi connectivity index (χ4n) is 5.28. The minimum Gasteiger partial charge on any atom is -0.333 e. The number of hydrogen-bond acceptors (Lipinski definition) is 5. The van der Waals surface area contributed by atoms with E-state index >= 15 is 0 Å². The Morgan fingerprint density at radius 3 is 2.80 bits per heavy atom. The summed E-state index contributed by atoms with van der Waals surface area (Å²) in [6.07, 6.45) is 6.81. The maximum atomic E-state index is 14.1. The number of likely N-dealkylation sites (tertiary alicyclic amines) is 1. The van der Waals surface area contributed by atoms with Crippen LogP contribution in [0.25, 0.3) is 0 Å². The van der Waals surface area contributed by atoms with E-state index in [2.05, 4.69) is 5.10 Å². The van der Waals surface area contributed by atoms with Crippen molar-refractivity contribution in [2.75, 3.05) is 18.5 Å². The molecule has 1 aliphatic carbocycles. The van der Waals surface area contributed by atoms with Gasteiger partial charge in [0, 0.05) is 31.6 Å². The number of aromatic nitrogens is 3. The summed E-state index contributed by atoms with van der Waals surface area (Å²) in [5, 5.41) is 7.17. The topological polar surface area (TPSA) is 71.3 Å². The van der Waals surface area contributed by atoms with E-state index < -0.39 is 0 Å². The molecular formula is C26H30FN5O2S. The highest BCUT2D eigenvalue weighted by atomic mass is 32.1. The van der Waals surface area contributed by atoms with Crippen molar-refractivity contribution in [3.8, 4) is 0 Å². The molecule has 0 saturated carbocycles. The molecule has 3 aromatic rings. The van der Waals surface area contributed by atoms with Crippen LogP contribution >= 0.6 is 11.3 Å². The predicted molar refractivity (Wildman–Crippen MR) is 133 cm³/mol. The van der Waals surface area contributed by atoms with E-state index in [1.165, 1.54) is 17.4 Å². The van der Waals surface area contributed by atoms with Gasteiger partial charge in [0.1, 0.15) is 22.3 Å². The lowest BCUT2D eigenvalue weighted by Crippen LogP contribution is -2.39. The highest BCUT2D eigenvalue weighted by Gasteiger charge is 2.32. The first-order valence-electron chi connectivity index (χ1n) is 12.2. The van der Waals surface area contributed by atoms with Crippen molar-refractivity contribution in [2.24, 2.45) is 7.05 Å². The Morgan fingerprint density at radius 1 is 1.17 bits per heavy atom. The smallest absolute Gasteiger partial charge is 0.278 e. The van der Waals surface area contributed by atoms with Crippen LogP contribution in [0.3, 0.4) is 0 Å². The molecule has 1 aromatic carbocycles. The second-order valence-electron chi connectivity index (χ2n) is 9.38. The summed E-state index contributed by atoms with van der Waals surface area (Å²) < 4.78 is 15.9. The second-order valence-corrected chi connectivity index (χ2v) is 10.3. The van der Waals surface area contributed by atoms with Gasteiger partial charge < -0.3 is 4.90 Å². The normalized spacial score (nSPS) is 17.8.